The number of benzene rings is 1. The molecule has 1 aliphatic rings. The number of nitrogens with two attached hydrogens (primary N) is 1. The van der Waals surface area contributed by atoms with E-state index < -0.39 is 0 Å². The molecule has 0 spiro atoms. The lowest BCUT2D eigenvalue weighted by Crippen LogP contribution is -2.33. The molecular formula is C16H26N2O. The van der Waals surface area contributed by atoms with Gasteiger partial charge >= 0.3 is 0 Å². The minimum atomic E-state index is 0.659. The minimum Gasteiger partial charge on any atom is -0.492 e. The molecule has 1 aromatic rings. The van der Waals surface area contributed by atoms with Gasteiger partial charge < -0.3 is 15.4 Å². The van der Waals surface area contributed by atoms with Crippen LogP contribution >= 0.6 is 0 Å². The zero-order valence-electron chi connectivity index (χ0n) is 12.2. The molecule has 0 amide bonds. The van der Waals surface area contributed by atoms with Gasteiger partial charge in [0.25, 0.3) is 0 Å². The first-order valence-electron chi connectivity index (χ1n) is 7.51. The SMILES string of the molecule is CCCC1CCN(c2ccc(N)c(OCC)c2)CC1. The Morgan fingerprint density at radius 2 is 2.00 bits per heavy atom. The third kappa shape index (κ3) is 3.55. The number of hydrogen-bond acceptors (Lipinski definition) is 3. The maximum atomic E-state index is 5.92. The van der Waals surface area contributed by atoms with Gasteiger partial charge in [-0.2, -0.15) is 0 Å². The molecule has 0 unspecified atom stereocenters. The van der Waals surface area contributed by atoms with E-state index in [4.69, 9.17) is 10.5 Å². The van der Waals surface area contributed by atoms with Gasteiger partial charge in [0, 0.05) is 24.8 Å². The van der Waals surface area contributed by atoms with Crippen LogP contribution in [0.25, 0.3) is 0 Å². The smallest absolute Gasteiger partial charge is 0.144 e. The Morgan fingerprint density at radius 3 is 2.63 bits per heavy atom. The first-order valence-corrected chi connectivity index (χ1v) is 7.51. The second-order valence-corrected chi connectivity index (χ2v) is 5.37. The van der Waals surface area contributed by atoms with Crippen LogP contribution in [0, 0.1) is 5.92 Å². The molecule has 1 aromatic carbocycles. The van der Waals surface area contributed by atoms with Crippen LogP contribution in [0.1, 0.15) is 39.5 Å². The van der Waals surface area contributed by atoms with E-state index in [1.807, 2.05) is 13.0 Å². The zero-order valence-corrected chi connectivity index (χ0v) is 12.2. The van der Waals surface area contributed by atoms with Crippen molar-refractivity contribution in [1.29, 1.82) is 0 Å². The third-order valence-corrected chi connectivity index (χ3v) is 3.97. The maximum Gasteiger partial charge on any atom is 0.144 e. The molecule has 1 fully saturated rings. The van der Waals surface area contributed by atoms with Gasteiger partial charge in [0.2, 0.25) is 0 Å². The lowest BCUT2D eigenvalue weighted by Gasteiger charge is -2.33. The van der Waals surface area contributed by atoms with E-state index in [0.717, 1.165) is 30.4 Å². The molecule has 0 radical (unpaired) electrons. The molecule has 1 aliphatic heterocycles. The quantitative estimate of drug-likeness (QED) is 0.823. The van der Waals surface area contributed by atoms with Crippen molar-refractivity contribution in [3.63, 3.8) is 0 Å². The standard InChI is InChI=1S/C16H26N2O/c1-3-5-13-8-10-18(11-9-13)14-6-7-15(17)16(12-14)19-4-2/h6-7,12-13H,3-5,8-11,17H2,1-2H3. The molecule has 0 atom stereocenters. The van der Waals surface area contributed by atoms with Gasteiger partial charge in [-0.1, -0.05) is 19.8 Å². The monoisotopic (exact) mass is 262 g/mol. The second-order valence-electron chi connectivity index (χ2n) is 5.37. The minimum absolute atomic E-state index is 0.659. The van der Waals surface area contributed by atoms with Gasteiger partial charge in [-0.25, -0.2) is 0 Å². The Labute approximate surface area is 116 Å². The first-order chi connectivity index (χ1) is 9.24. The normalized spacial score (nSPS) is 16.6. The van der Waals surface area contributed by atoms with Gasteiger partial charge in [-0.3, -0.25) is 0 Å². The fourth-order valence-corrected chi connectivity index (χ4v) is 2.89. The van der Waals surface area contributed by atoms with Crippen molar-refractivity contribution >= 4 is 11.4 Å². The van der Waals surface area contributed by atoms with E-state index in [1.165, 1.54) is 31.4 Å². The Balaban J connectivity index is 2.01. The molecule has 106 valence electrons. The number of piperidine rings is 1. The van der Waals surface area contributed by atoms with Gasteiger partial charge in [0.15, 0.2) is 0 Å². The number of nitrogen functional groups attached to an aromatic ring is 1. The van der Waals surface area contributed by atoms with Crippen molar-refractivity contribution in [3.8, 4) is 5.75 Å². The average molecular weight is 262 g/mol. The van der Waals surface area contributed by atoms with E-state index >= 15 is 0 Å². The van der Waals surface area contributed by atoms with Gasteiger partial charge in [-0.05, 0) is 37.8 Å². The number of nitrogens with zero attached hydrogens (tertiary/aromatic N) is 1. The Morgan fingerprint density at radius 1 is 1.26 bits per heavy atom. The summed E-state index contributed by atoms with van der Waals surface area (Å²) >= 11 is 0. The third-order valence-electron chi connectivity index (χ3n) is 3.97. The van der Waals surface area contributed by atoms with Crippen LogP contribution in [0.2, 0.25) is 0 Å². The molecule has 3 nitrogen and oxygen atoms in total. The van der Waals surface area contributed by atoms with Crippen LogP contribution in [-0.2, 0) is 0 Å². The van der Waals surface area contributed by atoms with Crippen LogP contribution in [-0.4, -0.2) is 19.7 Å². The summed E-state index contributed by atoms with van der Waals surface area (Å²) in [4.78, 5) is 2.45. The van der Waals surface area contributed by atoms with Crippen molar-refractivity contribution < 1.29 is 4.74 Å². The summed E-state index contributed by atoms with van der Waals surface area (Å²) in [5.74, 6) is 1.73. The lowest BCUT2D eigenvalue weighted by atomic mass is 9.92. The van der Waals surface area contributed by atoms with Crippen molar-refractivity contribution in [3.05, 3.63) is 18.2 Å². The predicted octanol–water partition coefficient (Wildman–Crippen LogP) is 3.68. The number of anilines is 2. The van der Waals surface area contributed by atoms with E-state index in [-0.39, 0.29) is 0 Å². The van der Waals surface area contributed by atoms with Crippen molar-refractivity contribution in [2.45, 2.75) is 39.5 Å². The predicted molar refractivity (Wildman–Crippen MR) is 81.9 cm³/mol. The largest absolute Gasteiger partial charge is 0.492 e. The number of hydrogen-bond donors (Lipinski definition) is 1. The Hall–Kier alpha value is -1.38. The Bertz CT molecular complexity index is 398. The molecule has 1 heterocycles. The van der Waals surface area contributed by atoms with E-state index in [0.29, 0.717) is 6.61 Å². The summed E-state index contributed by atoms with van der Waals surface area (Å²) in [5, 5.41) is 0. The van der Waals surface area contributed by atoms with Gasteiger partial charge in [0.1, 0.15) is 5.75 Å². The fourth-order valence-electron chi connectivity index (χ4n) is 2.89. The summed E-state index contributed by atoms with van der Waals surface area (Å²) < 4.78 is 5.58. The van der Waals surface area contributed by atoms with Crippen LogP contribution < -0.4 is 15.4 Å². The molecule has 0 bridgehead atoms. The summed E-state index contributed by atoms with van der Waals surface area (Å²) in [7, 11) is 0. The summed E-state index contributed by atoms with van der Waals surface area (Å²) in [6, 6.07) is 6.15. The maximum absolute atomic E-state index is 5.92. The highest BCUT2D eigenvalue weighted by molar-refractivity contribution is 5.62. The molecule has 0 aliphatic carbocycles. The summed E-state index contributed by atoms with van der Waals surface area (Å²) in [5.41, 5.74) is 7.89. The highest BCUT2D eigenvalue weighted by Crippen LogP contribution is 2.31. The Kier molecular flexibility index (Phi) is 4.94. The highest BCUT2D eigenvalue weighted by Gasteiger charge is 2.19. The lowest BCUT2D eigenvalue weighted by molar-refractivity contribution is 0.341. The van der Waals surface area contributed by atoms with E-state index in [1.54, 1.807) is 0 Å². The highest BCUT2D eigenvalue weighted by atomic mass is 16.5. The molecular weight excluding hydrogens is 236 g/mol. The van der Waals surface area contributed by atoms with Crippen LogP contribution in [0.3, 0.4) is 0 Å². The van der Waals surface area contributed by atoms with Gasteiger partial charge in [0.05, 0.1) is 12.3 Å². The molecule has 0 aromatic heterocycles. The van der Waals surface area contributed by atoms with Crippen molar-refractivity contribution in [2.24, 2.45) is 5.92 Å². The van der Waals surface area contributed by atoms with Crippen LogP contribution in [0.15, 0.2) is 18.2 Å². The molecule has 2 rings (SSSR count). The van der Waals surface area contributed by atoms with Crippen LogP contribution in [0.5, 0.6) is 5.75 Å². The first kappa shape index (κ1) is 14.0. The van der Waals surface area contributed by atoms with Crippen LogP contribution in [0.4, 0.5) is 11.4 Å². The average Bonchev–Trinajstić information content (AvgIpc) is 2.43. The molecule has 19 heavy (non-hydrogen) atoms. The number of ether oxygens (including phenoxy) is 1. The molecule has 2 N–H and O–H groups in total. The molecule has 3 heteroatoms. The topological polar surface area (TPSA) is 38.5 Å². The zero-order chi connectivity index (χ0) is 13.7. The van der Waals surface area contributed by atoms with E-state index in [9.17, 15) is 0 Å². The fraction of sp³-hybridized carbons (Fsp3) is 0.625. The second kappa shape index (κ2) is 6.69. The van der Waals surface area contributed by atoms with Crippen molar-refractivity contribution in [2.75, 3.05) is 30.3 Å². The summed E-state index contributed by atoms with van der Waals surface area (Å²) in [6.07, 6.45) is 5.30. The van der Waals surface area contributed by atoms with Gasteiger partial charge in [-0.15, -0.1) is 0 Å². The van der Waals surface area contributed by atoms with Crippen molar-refractivity contribution in [1.82, 2.24) is 0 Å². The summed E-state index contributed by atoms with van der Waals surface area (Å²) in [6.45, 7) is 7.23. The van der Waals surface area contributed by atoms with E-state index in [2.05, 4.69) is 24.0 Å². The molecule has 0 saturated carbocycles. The number of rotatable bonds is 5. The molecule has 1 saturated heterocycles.